The van der Waals surface area contributed by atoms with E-state index in [0.717, 1.165) is 6.42 Å². The van der Waals surface area contributed by atoms with Crippen molar-refractivity contribution in [3.05, 3.63) is 6.42 Å². The largest absolute Gasteiger partial charge is 1.00 e. The van der Waals surface area contributed by atoms with Crippen LogP contribution in [-0.4, -0.2) is 0 Å². The van der Waals surface area contributed by atoms with E-state index in [1.165, 1.54) is 19.3 Å². The Kier molecular flexibility index (Phi) is 15.0. The van der Waals surface area contributed by atoms with E-state index in [-0.39, 0.29) is 18.9 Å². The second-order valence-corrected chi connectivity index (χ2v) is 2.16. The Morgan fingerprint density at radius 1 is 1.18 bits per heavy atom. The molecule has 0 unspecified atom stereocenters. The third-order valence-corrected chi connectivity index (χ3v) is 1.21. The molecule has 0 rings (SSSR count). The van der Waals surface area contributed by atoms with Gasteiger partial charge in [-0.3, -0.25) is 0 Å². The van der Waals surface area contributed by atoms with Crippen LogP contribution in [0.4, 0.5) is 0 Å². The first-order valence-electron chi connectivity index (χ1n) is 3.77. The van der Waals surface area contributed by atoms with Gasteiger partial charge in [-0.2, -0.15) is 0 Å². The molecular formula is C10H13Li. The Morgan fingerprint density at radius 3 is 2.45 bits per heavy atom. The van der Waals surface area contributed by atoms with Crippen LogP contribution < -0.4 is 18.9 Å². The van der Waals surface area contributed by atoms with Crippen LogP contribution in [0.1, 0.15) is 39.0 Å². The van der Waals surface area contributed by atoms with Crippen molar-refractivity contribution in [3.63, 3.8) is 0 Å². The number of unbranched alkanes of at least 4 members (excludes halogenated alkanes) is 3. The molecule has 0 heterocycles. The van der Waals surface area contributed by atoms with E-state index in [1.54, 1.807) is 0 Å². The first-order valence-corrected chi connectivity index (χ1v) is 3.77. The number of hydrogen-bond acceptors (Lipinski definition) is 0. The Balaban J connectivity index is 0. The first kappa shape index (κ1) is 13.3. The van der Waals surface area contributed by atoms with Gasteiger partial charge in [-0.25, -0.2) is 0 Å². The molecule has 0 fully saturated rings. The van der Waals surface area contributed by atoms with Gasteiger partial charge in [0.1, 0.15) is 0 Å². The van der Waals surface area contributed by atoms with Gasteiger partial charge in [0, 0.05) is 12.8 Å². The van der Waals surface area contributed by atoms with Gasteiger partial charge in [-0.15, -0.1) is 5.92 Å². The minimum atomic E-state index is 0. The summed E-state index contributed by atoms with van der Waals surface area (Å²) in [4.78, 5) is 0. The van der Waals surface area contributed by atoms with E-state index < -0.39 is 0 Å². The molecule has 1 heteroatoms. The molecule has 0 aliphatic heterocycles. The molecule has 0 amide bonds. The van der Waals surface area contributed by atoms with Crippen LogP contribution >= 0.6 is 0 Å². The van der Waals surface area contributed by atoms with Crippen LogP contribution in [-0.2, 0) is 0 Å². The summed E-state index contributed by atoms with van der Waals surface area (Å²) >= 11 is 0. The van der Waals surface area contributed by atoms with Gasteiger partial charge >= 0.3 is 18.9 Å². The molecule has 0 aromatic carbocycles. The molecule has 0 aromatic rings. The molecule has 54 valence electrons. The average Bonchev–Trinajstić information content (AvgIpc) is 1.97. The predicted octanol–water partition coefficient (Wildman–Crippen LogP) is -0.446. The normalized spacial score (nSPS) is 6.91. The van der Waals surface area contributed by atoms with Crippen LogP contribution in [0.5, 0.6) is 0 Å². The zero-order chi connectivity index (χ0) is 7.66. The van der Waals surface area contributed by atoms with Crippen molar-refractivity contribution in [3.8, 4) is 17.8 Å². The molecule has 0 nitrogen and oxygen atoms in total. The monoisotopic (exact) mass is 140 g/mol. The van der Waals surface area contributed by atoms with Gasteiger partial charge in [0.2, 0.25) is 0 Å². The van der Waals surface area contributed by atoms with Crippen LogP contribution in [0.2, 0.25) is 0 Å². The standard InChI is InChI=1S/C10H13.Li/c1-3-5-7-9-10-8-6-4-2;/h3,5-7,9H2,1H3;/q-1;+1. The van der Waals surface area contributed by atoms with E-state index in [9.17, 15) is 0 Å². The third-order valence-electron chi connectivity index (χ3n) is 1.21. The molecule has 0 aromatic heterocycles. The fraction of sp³-hybridized carbons (Fsp3) is 0.600. The summed E-state index contributed by atoms with van der Waals surface area (Å²) in [5.41, 5.74) is 0. The molecule has 0 saturated heterocycles. The SMILES string of the molecule is [C-]#CCC#CCCCCC.[Li+]. The first-order chi connectivity index (χ1) is 4.91. The van der Waals surface area contributed by atoms with Crippen molar-refractivity contribution in [2.75, 3.05) is 0 Å². The molecule has 0 bridgehead atoms. The summed E-state index contributed by atoms with van der Waals surface area (Å²) in [6.45, 7) is 2.18. The maximum Gasteiger partial charge on any atom is 1.00 e. The number of rotatable bonds is 3. The van der Waals surface area contributed by atoms with Crippen molar-refractivity contribution in [2.24, 2.45) is 0 Å². The minimum absolute atomic E-state index is 0. The van der Waals surface area contributed by atoms with Crippen molar-refractivity contribution in [1.82, 2.24) is 0 Å². The summed E-state index contributed by atoms with van der Waals surface area (Å²) in [5, 5.41) is 0. The molecule has 0 aliphatic rings. The average molecular weight is 140 g/mol. The molecule has 0 N–H and O–H groups in total. The molecule has 0 atom stereocenters. The molecule has 0 spiro atoms. The topological polar surface area (TPSA) is 0 Å². The Hall–Kier alpha value is -0.283. The van der Waals surface area contributed by atoms with Crippen molar-refractivity contribution in [2.45, 2.75) is 39.0 Å². The van der Waals surface area contributed by atoms with Gasteiger partial charge in [0.25, 0.3) is 0 Å². The van der Waals surface area contributed by atoms with Gasteiger partial charge in [-0.1, -0.05) is 25.7 Å². The van der Waals surface area contributed by atoms with Crippen LogP contribution in [0.25, 0.3) is 0 Å². The quantitative estimate of drug-likeness (QED) is 0.216. The van der Waals surface area contributed by atoms with Gasteiger partial charge < -0.3 is 12.3 Å². The second-order valence-electron chi connectivity index (χ2n) is 2.16. The van der Waals surface area contributed by atoms with E-state index >= 15 is 0 Å². The third kappa shape index (κ3) is 12.8. The summed E-state index contributed by atoms with van der Waals surface area (Å²) in [6, 6.07) is 0. The Bertz CT molecular complexity index is 154. The van der Waals surface area contributed by atoms with Crippen molar-refractivity contribution >= 4 is 0 Å². The maximum atomic E-state index is 6.57. The second kappa shape index (κ2) is 12.4. The summed E-state index contributed by atoms with van der Waals surface area (Å²) in [7, 11) is 0. The van der Waals surface area contributed by atoms with Crippen LogP contribution in [0.15, 0.2) is 0 Å². The smallest absolute Gasteiger partial charge is 0.693 e. The molecular weight excluding hydrogens is 127 g/mol. The maximum absolute atomic E-state index is 6.57. The fourth-order valence-corrected chi connectivity index (χ4v) is 0.658. The zero-order valence-electron chi connectivity index (χ0n) is 7.54. The molecule has 0 radical (unpaired) electrons. The van der Waals surface area contributed by atoms with E-state index in [0.29, 0.717) is 6.42 Å². The molecule has 0 aliphatic carbocycles. The van der Waals surface area contributed by atoms with Crippen LogP contribution in [0, 0.1) is 24.2 Å². The van der Waals surface area contributed by atoms with Gasteiger partial charge in [0.05, 0.1) is 0 Å². The summed E-state index contributed by atoms with van der Waals surface area (Å²) < 4.78 is 0. The van der Waals surface area contributed by atoms with Crippen LogP contribution in [0.3, 0.4) is 0 Å². The molecule has 0 saturated carbocycles. The van der Waals surface area contributed by atoms with Gasteiger partial charge in [0.15, 0.2) is 0 Å². The fourth-order valence-electron chi connectivity index (χ4n) is 0.658. The molecule has 11 heavy (non-hydrogen) atoms. The van der Waals surface area contributed by atoms with E-state index in [4.69, 9.17) is 6.42 Å². The zero-order valence-corrected chi connectivity index (χ0v) is 7.54. The number of hydrogen-bond donors (Lipinski definition) is 0. The van der Waals surface area contributed by atoms with E-state index in [2.05, 4.69) is 24.7 Å². The summed E-state index contributed by atoms with van der Waals surface area (Å²) in [5.74, 6) is 8.07. The van der Waals surface area contributed by atoms with Crippen molar-refractivity contribution < 1.29 is 18.9 Å². The Labute approximate surface area is 82.3 Å². The predicted molar refractivity (Wildman–Crippen MR) is 43.7 cm³/mol. The van der Waals surface area contributed by atoms with Gasteiger partial charge in [-0.05, 0) is 6.42 Å². The summed E-state index contributed by atoms with van der Waals surface area (Å²) in [6.07, 6.45) is 11.8. The van der Waals surface area contributed by atoms with E-state index in [1.807, 2.05) is 0 Å². The minimum Gasteiger partial charge on any atom is -0.693 e. The van der Waals surface area contributed by atoms with Crippen molar-refractivity contribution in [1.29, 1.82) is 0 Å². The Morgan fingerprint density at radius 2 is 1.91 bits per heavy atom.